The van der Waals surface area contributed by atoms with Gasteiger partial charge in [-0.1, -0.05) is 24.6 Å². The molecule has 2 heterocycles. The first-order chi connectivity index (χ1) is 11.4. The SMILES string of the molecule is Cc1c(S(=O)(=O)N2CC3CCCC(N)C3C2)c2ccccc2n1C.Cl. The van der Waals surface area contributed by atoms with Crippen molar-refractivity contribution in [2.24, 2.45) is 24.6 Å². The summed E-state index contributed by atoms with van der Waals surface area (Å²) in [5, 5.41) is 0.816. The lowest BCUT2D eigenvalue weighted by Crippen LogP contribution is -2.38. The lowest BCUT2D eigenvalue weighted by Gasteiger charge is -2.29. The molecule has 1 aromatic heterocycles. The van der Waals surface area contributed by atoms with Crippen LogP contribution < -0.4 is 5.73 Å². The zero-order valence-corrected chi connectivity index (χ0v) is 16.3. The van der Waals surface area contributed by atoms with Gasteiger partial charge in [0.25, 0.3) is 0 Å². The first-order valence-electron chi connectivity index (χ1n) is 8.71. The van der Waals surface area contributed by atoms with E-state index in [0.29, 0.717) is 29.8 Å². The van der Waals surface area contributed by atoms with Crippen LogP contribution in [0.2, 0.25) is 0 Å². The van der Waals surface area contributed by atoms with Crippen molar-refractivity contribution in [1.82, 2.24) is 8.87 Å². The molecular formula is C18H26ClN3O2S. The van der Waals surface area contributed by atoms with E-state index in [1.54, 1.807) is 4.31 Å². The number of sulfonamides is 1. The van der Waals surface area contributed by atoms with Gasteiger partial charge in [-0.3, -0.25) is 0 Å². The molecule has 1 aliphatic carbocycles. The van der Waals surface area contributed by atoms with Gasteiger partial charge in [0.15, 0.2) is 0 Å². The average Bonchev–Trinajstić information content (AvgIpc) is 3.10. The minimum atomic E-state index is -3.50. The number of halogens is 1. The first-order valence-corrected chi connectivity index (χ1v) is 10.1. The highest BCUT2D eigenvalue weighted by molar-refractivity contribution is 7.89. The molecule has 25 heavy (non-hydrogen) atoms. The number of aromatic nitrogens is 1. The molecule has 0 radical (unpaired) electrons. The van der Waals surface area contributed by atoms with Crippen molar-refractivity contribution in [3.8, 4) is 0 Å². The minimum absolute atomic E-state index is 0. The van der Waals surface area contributed by atoms with Crippen molar-refractivity contribution in [3.05, 3.63) is 30.0 Å². The van der Waals surface area contributed by atoms with E-state index in [-0.39, 0.29) is 18.4 Å². The van der Waals surface area contributed by atoms with Crippen molar-refractivity contribution in [1.29, 1.82) is 0 Å². The predicted molar refractivity (Wildman–Crippen MR) is 102 cm³/mol. The fourth-order valence-electron chi connectivity index (χ4n) is 4.61. The highest BCUT2D eigenvalue weighted by Crippen LogP contribution is 2.39. The summed E-state index contributed by atoms with van der Waals surface area (Å²) in [4.78, 5) is 0.466. The van der Waals surface area contributed by atoms with Gasteiger partial charge in [0.1, 0.15) is 4.90 Å². The molecule has 2 fully saturated rings. The summed E-state index contributed by atoms with van der Waals surface area (Å²) >= 11 is 0. The van der Waals surface area contributed by atoms with Crippen LogP contribution in [0.25, 0.3) is 10.9 Å². The first kappa shape index (κ1) is 18.7. The van der Waals surface area contributed by atoms with E-state index < -0.39 is 10.0 Å². The van der Waals surface area contributed by atoms with Crippen molar-refractivity contribution in [2.75, 3.05) is 13.1 Å². The van der Waals surface area contributed by atoms with Crippen LogP contribution in [0, 0.1) is 18.8 Å². The third kappa shape index (κ3) is 2.79. The standard InChI is InChI=1S/C18H25N3O2S.ClH/c1-12-18(14-7-3-4-9-17(14)20(12)2)24(22,23)21-10-13-6-5-8-16(19)15(13)11-21;/h3-4,7,9,13,15-16H,5-6,8,10-11,19H2,1-2H3;1H. The number of fused-ring (bicyclic) bond motifs is 2. The van der Waals surface area contributed by atoms with E-state index in [4.69, 9.17) is 5.73 Å². The molecule has 3 unspecified atom stereocenters. The van der Waals surface area contributed by atoms with Crippen molar-refractivity contribution < 1.29 is 8.42 Å². The van der Waals surface area contributed by atoms with Gasteiger partial charge >= 0.3 is 0 Å². The number of nitrogens with two attached hydrogens (primary N) is 1. The molecule has 4 rings (SSSR count). The van der Waals surface area contributed by atoms with Gasteiger partial charge in [-0.25, -0.2) is 8.42 Å². The monoisotopic (exact) mass is 383 g/mol. The summed E-state index contributed by atoms with van der Waals surface area (Å²) in [6.45, 7) is 3.07. The van der Waals surface area contributed by atoms with Crippen LogP contribution in [-0.2, 0) is 17.1 Å². The van der Waals surface area contributed by atoms with Gasteiger partial charge in [0.05, 0.1) is 0 Å². The maximum absolute atomic E-state index is 13.4. The predicted octanol–water partition coefficient (Wildman–Crippen LogP) is 2.66. The second kappa shape index (κ2) is 6.58. The van der Waals surface area contributed by atoms with Crippen LogP contribution in [0.3, 0.4) is 0 Å². The molecule has 2 N–H and O–H groups in total. The lowest BCUT2D eigenvalue weighted by molar-refractivity contribution is 0.260. The van der Waals surface area contributed by atoms with E-state index in [9.17, 15) is 8.42 Å². The molecule has 1 saturated carbocycles. The zero-order chi connectivity index (χ0) is 17.1. The Labute approximate surface area is 155 Å². The lowest BCUT2D eigenvalue weighted by atomic mass is 9.78. The fraction of sp³-hybridized carbons (Fsp3) is 0.556. The van der Waals surface area contributed by atoms with Crippen LogP contribution in [0.1, 0.15) is 25.0 Å². The molecule has 138 valence electrons. The van der Waals surface area contributed by atoms with Gasteiger partial charge in [-0.2, -0.15) is 4.31 Å². The Bertz CT molecular complexity index is 893. The smallest absolute Gasteiger partial charge is 0.245 e. The molecule has 7 heteroatoms. The summed E-state index contributed by atoms with van der Waals surface area (Å²) in [6, 6.07) is 7.87. The fourth-order valence-corrected chi connectivity index (χ4v) is 6.59. The molecule has 0 bridgehead atoms. The number of rotatable bonds is 2. The van der Waals surface area contributed by atoms with E-state index in [0.717, 1.165) is 35.9 Å². The van der Waals surface area contributed by atoms with E-state index in [2.05, 4.69) is 0 Å². The number of hydrogen-bond donors (Lipinski definition) is 1. The van der Waals surface area contributed by atoms with Gasteiger partial charge in [-0.05, 0) is 37.7 Å². The van der Waals surface area contributed by atoms with Crippen molar-refractivity contribution in [3.63, 3.8) is 0 Å². The maximum Gasteiger partial charge on any atom is 0.245 e. The van der Waals surface area contributed by atoms with Crippen LogP contribution in [0.15, 0.2) is 29.2 Å². The molecule has 1 aromatic carbocycles. The second-order valence-electron chi connectivity index (χ2n) is 7.33. The zero-order valence-electron chi connectivity index (χ0n) is 14.7. The summed E-state index contributed by atoms with van der Waals surface area (Å²) < 4.78 is 30.5. The summed E-state index contributed by atoms with van der Waals surface area (Å²) in [6.07, 6.45) is 3.23. The van der Waals surface area contributed by atoms with E-state index >= 15 is 0 Å². The third-order valence-corrected chi connectivity index (χ3v) is 8.07. The Kier molecular flexibility index (Phi) is 4.92. The Balaban J connectivity index is 0.00000182. The number of nitrogens with zero attached hydrogens (tertiary/aromatic N) is 2. The molecule has 0 spiro atoms. The molecular weight excluding hydrogens is 358 g/mol. The largest absolute Gasteiger partial charge is 0.347 e. The quantitative estimate of drug-likeness (QED) is 0.866. The number of benzene rings is 1. The molecule has 0 amide bonds. The molecule has 2 aliphatic rings. The Morgan fingerprint density at radius 1 is 1.16 bits per heavy atom. The topological polar surface area (TPSA) is 68.3 Å². The molecule has 3 atom stereocenters. The Hall–Kier alpha value is -1.08. The van der Waals surface area contributed by atoms with Crippen LogP contribution in [0.5, 0.6) is 0 Å². The number of aryl methyl sites for hydroxylation is 1. The summed E-state index contributed by atoms with van der Waals surface area (Å²) in [5.41, 5.74) is 8.02. The molecule has 2 aromatic rings. The normalized spacial score (nSPS) is 27.2. The van der Waals surface area contributed by atoms with Gasteiger partial charge < -0.3 is 10.3 Å². The third-order valence-electron chi connectivity index (χ3n) is 6.06. The molecule has 1 aliphatic heterocycles. The summed E-state index contributed by atoms with van der Waals surface area (Å²) in [7, 11) is -1.57. The van der Waals surface area contributed by atoms with Crippen LogP contribution in [-0.4, -0.2) is 36.4 Å². The Morgan fingerprint density at radius 3 is 2.60 bits per heavy atom. The van der Waals surface area contributed by atoms with E-state index in [1.165, 1.54) is 0 Å². The van der Waals surface area contributed by atoms with Crippen molar-refractivity contribution >= 4 is 33.3 Å². The highest BCUT2D eigenvalue weighted by Gasteiger charge is 2.44. The molecule has 5 nitrogen and oxygen atoms in total. The summed E-state index contributed by atoms with van der Waals surface area (Å²) in [5.74, 6) is 0.725. The van der Waals surface area contributed by atoms with Crippen LogP contribution in [0.4, 0.5) is 0 Å². The second-order valence-corrected chi connectivity index (χ2v) is 9.21. The number of para-hydroxylation sites is 1. The molecule has 1 saturated heterocycles. The maximum atomic E-state index is 13.4. The average molecular weight is 384 g/mol. The minimum Gasteiger partial charge on any atom is -0.347 e. The highest BCUT2D eigenvalue weighted by atomic mass is 35.5. The van der Waals surface area contributed by atoms with Crippen molar-refractivity contribution in [2.45, 2.75) is 37.1 Å². The van der Waals surface area contributed by atoms with Crippen LogP contribution >= 0.6 is 12.4 Å². The number of hydrogen-bond acceptors (Lipinski definition) is 3. The van der Waals surface area contributed by atoms with Gasteiger partial charge in [0.2, 0.25) is 10.0 Å². The van der Waals surface area contributed by atoms with Gasteiger partial charge in [-0.15, -0.1) is 12.4 Å². The van der Waals surface area contributed by atoms with Gasteiger partial charge in [0, 0.05) is 42.8 Å². The van der Waals surface area contributed by atoms with E-state index in [1.807, 2.05) is 42.8 Å². The Morgan fingerprint density at radius 2 is 1.88 bits per heavy atom.